The highest BCUT2D eigenvalue weighted by atomic mass is 127. The lowest BCUT2D eigenvalue weighted by atomic mass is 10.2. The highest BCUT2D eigenvalue weighted by Crippen LogP contribution is 2.30. The summed E-state index contributed by atoms with van der Waals surface area (Å²) in [7, 11) is 1.73. The maximum Gasteiger partial charge on any atom is 0.191 e. The predicted molar refractivity (Wildman–Crippen MR) is 143 cm³/mol. The first-order valence-electron chi connectivity index (χ1n) is 11.4. The van der Waals surface area contributed by atoms with E-state index in [1.54, 1.807) is 7.11 Å². The molecule has 0 saturated carbocycles. The van der Waals surface area contributed by atoms with Crippen LogP contribution in [0.4, 0.5) is 11.5 Å². The normalized spacial score (nSPS) is 18.4. The van der Waals surface area contributed by atoms with Crippen molar-refractivity contribution in [3.63, 3.8) is 0 Å². The number of aliphatic imine (C=N–C) groups is 1. The van der Waals surface area contributed by atoms with Crippen LogP contribution >= 0.6 is 24.0 Å². The third-order valence-electron chi connectivity index (χ3n) is 5.96. The molecule has 2 aliphatic rings. The smallest absolute Gasteiger partial charge is 0.191 e. The van der Waals surface area contributed by atoms with E-state index in [1.807, 2.05) is 18.3 Å². The number of aromatic nitrogens is 1. The van der Waals surface area contributed by atoms with Crippen LogP contribution in [0.2, 0.25) is 0 Å². The monoisotopic (exact) mass is 550 g/mol. The van der Waals surface area contributed by atoms with Gasteiger partial charge in [-0.2, -0.15) is 0 Å². The summed E-state index contributed by atoms with van der Waals surface area (Å²) in [4.78, 5) is 14.2. The van der Waals surface area contributed by atoms with E-state index in [0.717, 1.165) is 67.9 Å². The molecule has 1 atom stereocenters. The van der Waals surface area contributed by atoms with Gasteiger partial charge in [0.25, 0.3) is 0 Å². The Hall–Kier alpha value is -2.23. The van der Waals surface area contributed by atoms with Crippen LogP contribution in [0, 0.1) is 0 Å². The van der Waals surface area contributed by atoms with Crippen molar-refractivity contribution in [2.75, 3.05) is 49.6 Å². The van der Waals surface area contributed by atoms with E-state index in [4.69, 9.17) is 9.73 Å². The second-order valence-electron chi connectivity index (χ2n) is 8.16. The Kier molecular flexibility index (Phi) is 9.25. The molecule has 1 unspecified atom stereocenters. The number of hydrogen-bond donors (Lipinski definition) is 2. The van der Waals surface area contributed by atoms with Gasteiger partial charge in [-0.25, -0.2) is 9.98 Å². The van der Waals surface area contributed by atoms with E-state index in [2.05, 4.69) is 56.6 Å². The zero-order valence-electron chi connectivity index (χ0n) is 19.1. The molecule has 32 heavy (non-hydrogen) atoms. The molecular formula is C24H35IN6O. The van der Waals surface area contributed by atoms with Crippen molar-refractivity contribution in [3.8, 4) is 5.75 Å². The summed E-state index contributed by atoms with van der Waals surface area (Å²) < 4.78 is 5.53. The van der Waals surface area contributed by atoms with Crippen molar-refractivity contribution in [2.24, 2.45) is 4.99 Å². The number of ether oxygens (including phenoxy) is 1. The fourth-order valence-corrected chi connectivity index (χ4v) is 4.32. The second kappa shape index (κ2) is 12.1. The Morgan fingerprint density at radius 2 is 1.94 bits per heavy atom. The van der Waals surface area contributed by atoms with Crippen molar-refractivity contribution in [1.29, 1.82) is 0 Å². The number of halogens is 1. The molecule has 2 saturated heterocycles. The first-order valence-corrected chi connectivity index (χ1v) is 11.4. The maximum atomic E-state index is 5.53. The molecule has 2 fully saturated rings. The van der Waals surface area contributed by atoms with Gasteiger partial charge in [-0.3, -0.25) is 0 Å². The van der Waals surface area contributed by atoms with Crippen LogP contribution in [-0.4, -0.2) is 56.8 Å². The molecule has 2 aromatic rings. The molecule has 0 spiro atoms. The number of para-hydroxylation sites is 2. The molecule has 0 amide bonds. The van der Waals surface area contributed by atoms with E-state index in [-0.39, 0.29) is 24.0 Å². The van der Waals surface area contributed by atoms with Crippen LogP contribution in [0.25, 0.3) is 0 Å². The molecule has 2 aliphatic heterocycles. The minimum absolute atomic E-state index is 0. The third-order valence-corrected chi connectivity index (χ3v) is 5.96. The van der Waals surface area contributed by atoms with Crippen LogP contribution in [0.3, 0.4) is 0 Å². The molecular weight excluding hydrogens is 515 g/mol. The summed E-state index contributed by atoms with van der Waals surface area (Å²) in [5.41, 5.74) is 2.28. The van der Waals surface area contributed by atoms with Crippen LogP contribution in [0.15, 0.2) is 47.6 Å². The van der Waals surface area contributed by atoms with Crippen LogP contribution in [-0.2, 0) is 6.54 Å². The van der Waals surface area contributed by atoms with Crippen molar-refractivity contribution in [1.82, 2.24) is 15.6 Å². The van der Waals surface area contributed by atoms with Gasteiger partial charge in [-0.1, -0.05) is 18.2 Å². The largest absolute Gasteiger partial charge is 0.495 e. The zero-order valence-corrected chi connectivity index (χ0v) is 21.4. The van der Waals surface area contributed by atoms with Gasteiger partial charge in [0.2, 0.25) is 0 Å². The Morgan fingerprint density at radius 3 is 2.66 bits per heavy atom. The fraction of sp³-hybridized carbons (Fsp3) is 0.500. The summed E-state index contributed by atoms with van der Waals surface area (Å²) >= 11 is 0. The van der Waals surface area contributed by atoms with Gasteiger partial charge in [-0.05, 0) is 49.9 Å². The van der Waals surface area contributed by atoms with Gasteiger partial charge in [0.1, 0.15) is 11.6 Å². The first kappa shape index (κ1) is 24.4. The fourth-order valence-electron chi connectivity index (χ4n) is 4.32. The SMILES string of the molecule is CCNC(=NCc1ccc(N2CCCC2)nc1)NC1CCN(c2ccccc2OC)C1.I. The number of nitrogens with one attached hydrogen (secondary N) is 2. The molecule has 2 N–H and O–H groups in total. The molecule has 3 heterocycles. The third kappa shape index (κ3) is 6.17. The molecule has 8 heteroatoms. The maximum absolute atomic E-state index is 5.53. The van der Waals surface area contributed by atoms with Crippen LogP contribution in [0.1, 0.15) is 31.7 Å². The van der Waals surface area contributed by atoms with Gasteiger partial charge >= 0.3 is 0 Å². The number of methoxy groups -OCH3 is 1. The number of pyridine rings is 1. The Balaban J connectivity index is 0.00000289. The minimum Gasteiger partial charge on any atom is -0.495 e. The van der Waals surface area contributed by atoms with Gasteiger partial charge in [0.05, 0.1) is 19.3 Å². The Labute approximate surface area is 208 Å². The van der Waals surface area contributed by atoms with E-state index >= 15 is 0 Å². The van der Waals surface area contributed by atoms with Crippen molar-refractivity contribution >= 4 is 41.4 Å². The molecule has 0 aliphatic carbocycles. The summed E-state index contributed by atoms with van der Waals surface area (Å²) in [5.74, 6) is 2.87. The average Bonchev–Trinajstić information content (AvgIpc) is 3.50. The Bertz CT molecular complexity index is 869. The number of benzene rings is 1. The standard InChI is InChI=1S/C24H34N6O.HI/c1-3-25-24(27-17-19-10-11-23(26-16-19)29-13-6-7-14-29)28-20-12-15-30(18-20)21-8-4-5-9-22(21)31-2;/h4-5,8-11,16,20H,3,6-7,12-15,17-18H2,1-2H3,(H2,25,27,28);1H. The van der Waals surface area contributed by atoms with Crippen LogP contribution in [0.5, 0.6) is 5.75 Å². The summed E-state index contributed by atoms with van der Waals surface area (Å²) in [6.07, 6.45) is 5.55. The van der Waals surface area contributed by atoms with E-state index in [0.29, 0.717) is 12.6 Å². The number of anilines is 2. The lowest BCUT2D eigenvalue weighted by Crippen LogP contribution is -2.44. The van der Waals surface area contributed by atoms with Gasteiger partial charge < -0.3 is 25.2 Å². The van der Waals surface area contributed by atoms with Gasteiger partial charge in [0.15, 0.2) is 5.96 Å². The quantitative estimate of drug-likeness (QED) is 0.312. The van der Waals surface area contributed by atoms with Gasteiger partial charge in [-0.15, -0.1) is 24.0 Å². The van der Waals surface area contributed by atoms with E-state index in [9.17, 15) is 0 Å². The van der Waals surface area contributed by atoms with Gasteiger partial charge in [0, 0.05) is 45.0 Å². The number of guanidine groups is 1. The van der Waals surface area contributed by atoms with E-state index in [1.165, 1.54) is 12.8 Å². The molecule has 4 rings (SSSR count). The molecule has 1 aromatic carbocycles. The lowest BCUT2D eigenvalue weighted by molar-refractivity contribution is 0.415. The number of nitrogens with zero attached hydrogens (tertiary/aromatic N) is 4. The lowest BCUT2D eigenvalue weighted by Gasteiger charge is -2.22. The van der Waals surface area contributed by atoms with E-state index < -0.39 is 0 Å². The highest BCUT2D eigenvalue weighted by Gasteiger charge is 2.25. The van der Waals surface area contributed by atoms with Crippen molar-refractivity contribution in [2.45, 2.75) is 38.8 Å². The molecule has 1 aromatic heterocycles. The molecule has 7 nitrogen and oxygen atoms in total. The minimum atomic E-state index is 0. The first-order chi connectivity index (χ1) is 15.3. The summed E-state index contributed by atoms with van der Waals surface area (Å²) in [6, 6.07) is 12.8. The van der Waals surface area contributed by atoms with Crippen molar-refractivity contribution < 1.29 is 4.74 Å². The summed E-state index contributed by atoms with van der Waals surface area (Å²) in [5, 5.41) is 6.99. The topological polar surface area (TPSA) is 65.0 Å². The zero-order chi connectivity index (χ0) is 21.5. The highest BCUT2D eigenvalue weighted by molar-refractivity contribution is 14.0. The second-order valence-corrected chi connectivity index (χ2v) is 8.16. The number of hydrogen-bond acceptors (Lipinski definition) is 5. The molecule has 0 bridgehead atoms. The summed E-state index contributed by atoms with van der Waals surface area (Å²) in [6.45, 7) is 7.71. The average molecular weight is 550 g/mol. The predicted octanol–water partition coefficient (Wildman–Crippen LogP) is 3.64. The molecule has 174 valence electrons. The van der Waals surface area contributed by atoms with Crippen molar-refractivity contribution in [3.05, 3.63) is 48.2 Å². The number of rotatable bonds is 7. The Morgan fingerprint density at radius 1 is 1.12 bits per heavy atom. The molecule has 0 radical (unpaired) electrons. The van der Waals surface area contributed by atoms with Crippen LogP contribution < -0.4 is 25.2 Å².